The molecule has 2 N–H and O–H groups in total. The molecule has 0 saturated heterocycles. The quantitative estimate of drug-likeness (QED) is 0.833. The first-order valence-electron chi connectivity index (χ1n) is 5.76. The summed E-state index contributed by atoms with van der Waals surface area (Å²) in [5.74, 6) is 1.28. The minimum Gasteiger partial charge on any atom is -0.459 e. The maximum atomic E-state index is 6.10. The van der Waals surface area contributed by atoms with E-state index in [9.17, 15) is 0 Å². The van der Waals surface area contributed by atoms with Gasteiger partial charge < -0.3 is 10.2 Å². The van der Waals surface area contributed by atoms with Crippen LogP contribution in [0.1, 0.15) is 36.8 Å². The highest BCUT2D eigenvalue weighted by Crippen LogP contribution is 2.29. The van der Waals surface area contributed by atoms with Gasteiger partial charge in [0.05, 0.1) is 6.04 Å². The summed E-state index contributed by atoms with van der Waals surface area (Å²) in [6, 6.07) is 6.26. The lowest BCUT2D eigenvalue weighted by Crippen LogP contribution is -2.15. The molecule has 0 aliphatic rings. The van der Waals surface area contributed by atoms with Crippen molar-refractivity contribution in [3.05, 3.63) is 35.1 Å². The van der Waals surface area contributed by atoms with E-state index in [0.717, 1.165) is 16.7 Å². The molecule has 1 atom stereocenters. The van der Waals surface area contributed by atoms with E-state index in [4.69, 9.17) is 10.2 Å². The molecule has 0 saturated carbocycles. The highest BCUT2D eigenvalue weighted by atomic mass is 16.3. The van der Waals surface area contributed by atoms with Crippen LogP contribution in [-0.4, -0.2) is 0 Å². The van der Waals surface area contributed by atoms with Gasteiger partial charge in [0.2, 0.25) is 0 Å². The molecule has 16 heavy (non-hydrogen) atoms. The molecule has 2 rings (SSSR count). The minimum absolute atomic E-state index is 0.0212. The van der Waals surface area contributed by atoms with Crippen LogP contribution in [0.15, 0.2) is 22.6 Å². The van der Waals surface area contributed by atoms with Crippen LogP contribution in [-0.2, 0) is 0 Å². The van der Waals surface area contributed by atoms with Crippen molar-refractivity contribution >= 4 is 11.0 Å². The number of furan rings is 1. The molecule has 0 amide bonds. The summed E-state index contributed by atoms with van der Waals surface area (Å²) in [5, 5.41) is 1.15. The lowest BCUT2D eigenvalue weighted by atomic mass is 10.0. The molecule has 0 bridgehead atoms. The second kappa shape index (κ2) is 3.95. The van der Waals surface area contributed by atoms with Crippen LogP contribution in [0.2, 0.25) is 0 Å². The van der Waals surface area contributed by atoms with Crippen LogP contribution in [0.3, 0.4) is 0 Å². The molecule has 2 aromatic rings. The molecule has 0 spiro atoms. The lowest BCUT2D eigenvalue weighted by Gasteiger charge is -2.11. The Labute approximate surface area is 96.4 Å². The van der Waals surface area contributed by atoms with E-state index in [-0.39, 0.29) is 6.04 Å². The Kier molecular flexibility index (Phi) is 2.76. The minimum atomic E-state index is -0.0212. The summed E-state index contributed by atoms with van der Waals surface area (Å²) in [6.07, 6.45) is 0. The number of hydrogen-bond acceptors (Lipinski definition) is 2. The van der Waals surface area contributed by atoms with Crippen LogP contribution >= 0.6 is 0 Å². The van der Waals surface area contributed by atoms with Gasteiger partial charge >= 0.3 is 0 Å². The Morgan fingerprint density at radius 2 is 1.88 bits per heavy atom. The average Bonchev–Trinajstić information content (AvgIpc) is 2.67. The zero-order valence-corrected chi connectivity index (χ0v) is 10.4. The SMILES string of the molecule is Cc1ccc2cc(C(N)C(C)C)oc2c1C. The Morgan fingerprint density at radius 1 is 1.19 bits per heavy atom. The Bertz CT molecular complexity index is 511. The topological polar surface area (TPSA) is 39.2 Å². The lowest BCUT2D eigenvalue weighted by molar-refractivity contribution is 0.418. The van der Waals surface area contributed by atoms with E-state index >= 15 is 0 Å². The maximum Gasteiger partial charge on any atom is 0.137 e. The van der Waals surface area contributed by atoms with Gasteiger partial charge in [0.15, 0.2) is 0 Å². The zero-order chi connectivity index (χ0) is 11.9. The molecule has 1 heterocycles. The monoisotopic (exact) mass is 217 g/mol. The second-order valence-electron chi connectivity index (χ2n) is 4.84. The molecule has 2 nitrogen and oxygen atoms in total. The van der Waals surface area contributed by atoms with Gasteiger partial charge in [-0.2, -0.15) is 0 Å². The molecular weight excluding hydrogens is 198 g/mol. The van der Waals surface area contributed by atoms with E-state index in [0.29, 0.717) is 5.92 Å². The van der Waals surface area contributed by atoms with Gasteiger partial charge in [-0.15, -0.1) is 0 Å². The Morgan fingerprint density at radius 3 is 2.50 bits per heavy atom. The number of hydrogen-bond donors (Lipinski definition) is 1. The van der Waals surface area contributed by atoms with Gasteiger partial charge in [-0.3, -0.25) is 0 Å². The van der Waals surface area contributed by atoms with Gasteiger partial charge in [-0.25, -0.2) is 0 Å². The number of fused-ring (bicyclic) bond motifs is 1. The Hall–Kier alpha value is -1.28. The van der Waals surface area contributed by atoms with Crippen LogP contribution in [0.5, 0.6) is 0 Å². The standard InChI is InChI=1S/C14H19NO/c1-8(2)13(15)12-7-11-6-5-9(3)10(4)14(11)16-12/h5-8,13H,15H2,1-4H3. The van der Waals surface area contributed by atoms with Crippen LogP contribution in [0.4, 0.5) is 0 Å². The molecule has 1 aromatic carbocycles. The van der Waals surface area contributed by atoms with Crippen molar-refractivity contribution in [2.75, 3.05) is 0 Å². The third-order valence-corrected chi connectivity index (χ3v) is 3.27. The summed E-state index contributed by atoms with van der Waals surface area (Å²) in [7, 11) is 0. The average molecular weight is 217 g/mol. The third kappa shape index (κ3) is 1.74. The number of aryl methyl sites for hydroxylation is 2. The van der Waals surface area contributed by atoms with Crippen molar-refractivity contribution in [1.29, 1.82) is 0 Å². The first kappa shape index (κ1) is 11.2. The van der Waals surface area contributed by atoms with Crippen LogP contribution in [0, 0.1) is 19.8 Å². The predicted octanol–water partition coefficient (Wildman–Crippen LogP) is 3.71. The smallest absolute Gasteiger partial charge is 0.137 e. The number of benzene rings is 1. The number of nitrogens with two attached hydrogens (primary N) is 1. The first-order valence-corrected chi connectivity index (χ1v) is 5.76. The number of rotatable bonds is 2. The molecule has 0 fully saturated rings. The summed E-state index contributed by atoms with van der Waals surface area (Å²) in [5.41, 5.74) is 9.54. The third-order valence-electron chi connectivity index (χ3n) is 3.27. The van der Waals surface area contributed by atoms with E-state index in [2.05, 4.69) is 45.9 Å². The Balaban J connectivity index is 2.56. The predicted molar refractivity (Wildman–Crippen MR) is 67.5 cm³/mol. The normalized spacial score (nSPS) is 13.6. The van der Waals surface area contributed by atoms with Crippen molar-refractivity contribution in [2.45, 2.75) is 33.7 Å². The van der Waals surface area contributed by atoms with E-state index in [1.54, 1.807) is 0 Å². The fourth-order valence-electron chi connectivity index (χ4n) is 1.85. The van der Waals surface area contributed by atoms with Crippen molar-refractivity contribution < 1.29 is 4.42 Å². The maximum absolute atomic E-state index is 6.10. The van der Waals surface area contributed by atoms with Crippen molar-refractivity contribution in [1.82, 2.24) is 0 Å². The van der Waals surface area contributed by atoms with Crippen molar-refractivity contribution in [2.24, 2.45) is 11.7 Å². The summed E-state index contributed by atoms with van der Waals surface area (Å²) in [6.45, 7) is 8.40. The summed E-state index contributed by atoms with van der Waals surface area (Å²) in [4.78, 5) is 0. The van der Waals surface area contributed by atoms with E-state index in [1.807, 2.05) is 0 Å². The molecule has 2 heteroatoms. The molecule has 0 aliphatic heterocycles. The highest BCUT2D eigenvalue weighted by Gasteiger charge is 2.16. The van der Waals surface area contributed by atoms with Crippen molar-refractivity contribution in [3.63, 3.8) is 0 Å². The molecule has 86 valence electrons. The van der Waals surface area contributed by atoms with Gasteiger partial charge in [0.25, 0.3) is 0 Å². The van der Waals surface area contributed by atoms with Crippen LogP contribution < -0.4 is 5.73 Å². The largest absolute Gasteiger partial charge is 0.459 e. The second-order valence-corrected chi connectivity index (χ2v) is 4.84. The first-order chi connectivity index (χ1) is 7.50. The van der Waals surface area contributed by atoms with E-state index < -0.39 is 0 Å². The van der Waals surface area contributed by atoms with Crippen LogP contribution in [0.25, 0.3) is 11.0 Å². The fourth-order valence-corrected chi connectivity index (χ4v) is 1.85. The highest BCUT2D eigenvalue weighted by molar-refractivity contribution is 5.82. The van der Waals surface area contributed by atoms with Gasteiger partial charge in [-0.05, 0) is 37.0 Å². The molecule has 1 aromatic heterocycles. The molecular formula is C14H19NO. The van der Waals surface area contributed by atoms with Crippen molar-refractivity contribution in [3.8, 4) is 0 Å². The molecule has 0 aliphatic carbocycles. The molecule has 0 radical (unpaired) electrons. The zero-order valence-electron chi connectivity index (χ0n) is 10.4. The molecule has 1 unspecified atom stereocenters. The summed E-state index contributed by atoms with van der Waals surface area (Å²) >= 11 is 0. The van der Waals surface area contributed by atoms with Gasteiger partial charge in [-0.1, -0.05) is 26.0 Å². The van der Waals surface area contributed by atoms with E-state index in [1.165, 1.54) is 11.1 Å². The van der Waals surface area contributed by atoms with Gasteiger partial charge in [0.1, 0.15) is 11.3 Å². The van der Waals surface area contributed by atoms with Gasteiger partial charge in [0, 0.05) is 5.39 Å². The fraction of sp³-hybridized carbons (Fsp3) is 0.429. The summed E-state index contributed by atoms with van der Waals surface area (Å²) < 4.78 is 5.88.